The molecule has 1 fully saturated rings. The van der Waals surface area contributed by atoms with Crippen LogP contribution in [-0.2, 0) is 19.1 Å². The number of carbonyl (C=O) groups is 3. The van der Waals surface area contributed by atoms with Crippen molar-refractivity contribution in [2.75, 3.05) is 12.9 Å². The normalized spacial score (nSPS) is 22.0. The molecule has 120 valence electrons. The molecular weight excluding hydrogens is 292 g/mol. The lowest BCUT2D eigenvalue weighted by atomic mass is 10.0. The molecule has 7 heteroatoms. The SMILES string of the molecule is COC(=O)C(CC(C)C)NC(=O)C1CSC(C)(C)N1C=O. The van der Waals surface area contributed by atoms with Gasteiger partial charge in [-0.25, -0.2) is 4.79 Å². The Balaban J connectivity index is 2.78. The largest absolute Gasteiger partial charge is 0.467 e. The number of methoxy groups -OCH3 is 1. The van der Waals surface area contributed by atoms with Gasteiger partial charge in [-0.1, -0.05) is 13.8 Å². The second kappa shape index (κ2) is 7.15. The van der Waals surface area contributed by atoms with Crippen molar-refractivity contribution >= 4 is 30.0 Å². The molecule has 21 heavy (non-hydrogen) atoms. The first kappa shape index (κ1) is 17.8. The summed E-state index contributed by atoms with van der Waals surface area (Å²) in [6.45, 7) is 7.72. The Kier molecular flexibility index (Phi) is 6.07. The third kappa shape index (κ3) is 4.36. The first-order chi connectivity index (χ1) is 9.72. The van der Waals surface area contributed by atoms with Crippen LogP contribution in [0.25, 0.3) is 0 Å². The molecule has 2 atom stereocenters. The van der Waals surface area contributed by atoms with Gasteiger partial charge in [-0.2, -0.15) is 0 Å². The number of thioether (sulfide) groups is 1. The van der Waals surface area contributed by atoms with Crippen LogP contribution in [0.3, 0.4) is 0 Å². The second-order valence-corrected chi connectivity index (χ2v) is 7.62. The second-order valence-electron chi connectivity index (χ2n) is 6.00. The molecule has 0 bridgehead atoms. The van der Waals surface area contributed by atoms with Crippen LogP contribution in [0.5, 0.6) is 0 Å². The van der Waals surface area contributed by atoms with E-state index in [1.54, 1.807) is 11.8 Å². The Labute approximate surface area is 130 Å². The molecule has 0 spiro atoms. The maximum atomic E-state index is 12.4. The van der Waals surface area contributed by atoms with Crippen molar-refractivity contribution in [1.29, 1.82) is 0 Å². The lowest BCUT2D eigenvalue weighted by molar-refractivity contribution is -0.146. The van der Waals surface area contributed by atoms with E-state index in [2.05, 4.69) is 5.32 Å². The quantitative estimate of drug-likeness (QED) is 0.584. The number of carbonyl (C=O) groups excluding carboxylic acids is 3. The molecule has 1 heterocycles. The first-order valence-corrected chi connectivity index (χ1v) is 7.97. The Bertz CT molecular complexity index is 412. The zero-order valence-electron chi connectivity index (χ0n) is 13.2. The molecule has 0 aromatic carbocycles. The Morgan fingerprint density at radius 2 is 2.10 bits per heavy atom. The maximum absolute atomic E-state index is 12.4. The number of hydrogen-bond acceptors (Lipinski definition) is 5. The summed E-state index contributed by atoms with van der Waals surface area (Å²) >= 11 is 1.54. The zero-order valence-corrected chi connectivity index (χ0v) is 14.0. The third-order valence-corrected chi connectivity index (χ3v) is 4.88. The summed E-state index contributed by atoms with van der Waals surface area (Å²) in [6, 6.07) is -1.23. The number of ether oxygens (including phenoxy) is 1. The highest BCUT2D eigenvalue weighted by Crippen LogP contribution is 2.37. The van der Waals surface area contributed by atoms with Gasteiger partial charge in [-0.05, 0) is 26.2 Å². The highest BCUT2D eigenvalue weighted by atomic mass is 32.2. The summed E-state index contributed by atoms with van der Waals surface area (Å²) in [5.74, 6) is -0.00513. The predicted octanol–water partition coefficient (Wildman–Crippen LogP) is 1.00. The number of nitrogens with one attached hydrogen (secondary N) is 1. The van der Waals surface area contributed by atoms with Crippen molar-refractivity contribution in [2.45, 2.75) is 51.1 Å². The smallest absolute Gasteiger partial charge is 0.328 e. The van der Waals surface area contributed by atoms with Gasteiger partial charge >= 0.3 is 5.97 Å². The summed E-state index contributed by atoms with van der Waals surface area (Å²) in [7, 11) is 1.30. The van der Waals surface area contributed by atoms with Crippen molar-refractivity contribution in [3.05, 3.63) is 0 Å². The van der Waals surface area contributed by atoms with Crippen LogP contribution in [0.15, 0.2) is 0 Å². The van der Waals surface area contributed by atoms with Crippen LogP contribution in [0.1, 0.15) is 34.1 Å². The van der Waals surface area contributed by atoms with Gasteiger partial charge < -0.3 is 15.0 Å². The minimum atomic E-state index is -0.676. The van der Waals surface area contributed by atoms with E-state index in [4.69, 9.17) is 4.74 Å². The number of hydrogen-bond donors (Lipinski definition) is 1. The fraction of sp³-hybridized carbons (Fsp3) is 0.786. The molecule has 0 aromatic rings. The minimum Gasteiger partial charge on any atom is -0.467 e. The number of nitrogens with zero attached hydrogens (tertiary/aromatic N) is 1. The molecule has 6 nitrogen and oxygen atoms in total. The lowest BCUT2D eigenvalue weighted by Gasteiger charge is -2.31. The highest BCUT2D eigenvalue weighted by molar-refractivity contribution is 8.00. The van der Waals surface area contributed by atoms with Crippen LogP contribution in [-0.4, -0.2) is 53.0 Å². The molecule has 1 aliphatic heterocycles. The van der Waals surface area contributed by atoms with Crippen LogP contribution in [0.4, 0.5) is 0 Å². The standard InChI is InChI=1S/C14H24N2O4S/c1-9(2)6-10(13(19)20-5)15-12(18)11-7-21-14(3,4)16(11)8-17/h8-11H,6-7H2,1-5H3,(H,15,18). The van der Waals surface area contributed by atoms with E-state index in [0.717, 1.165) is 0 Å². The van der Waals surface area contributed by atoms with E-state index in [9.17, 15) is 14.4 Å². The zero-order chi connectivity index (χ0) is 16.2. The van der Waals surface area contributed by atoms with Crippen LogP contribution in [0, 0.1) is 5.92 Å². The Hall–Kier alpha value is -1.24. The minimum absolute atomic E-state index is 0.242. The average Bonchev–Trinajstić information content (AvgIpc) is 2.71. The molecule has 0 saturated carbocycles. The van der Waals surface area contributed by atoms with Gasteiger partial charge in [0.2, 0.25) is 12.3 Å². The molecule has 1 saturated heterocycles. The van der Waals surface area contributed by atoms with E-state index in [0.29, 0.717) is 18.6 Å². The van der Waals surface area contributed by atoms with Crippen molar-refractivity contribution in [3.8, 4) is 0 Å². The molecule has 2 amide bonds. The molecule has 0 radical (unpaired) electrons. The number of rotatable bonds is 6. The van der Waals surface area contributed by atoms with Crippen molar-refractivity contribution < 1.29 is 19.1 Å². The predicted molar refractivity (Wildman–Crippen MR) is 81.6 cm³/mol. The van der Waals surface area contributed by atoms with Crippen LogP contribution >= 0.6 is 11.8 Å². The summed E-state index contributed by atoms with van der Waals surface area (Å²) in [5.41, 5.74) is 0. The summed E-state index contributed by atoms with van der Waals surface area (Å²) in [4.78, 5) is 36.4. The first-order valence-electron chi connectivity index (χ1n) is 6.98. The van der Waals surface area contributed by atoms with Crippen LogP contribution < -0.4 is 5.32 Å². The summed E-state index contributed by atoms with van der Waals surface area (Å²) < 4.78 is 4.73. The van der Waals surface area contributed by atoms with Crippen molar-refractivity contribution in [2.24, 2.45) is 5.92 Å². The molecule has 1 aliphatic rings. The number of amides is 2. The monoisotopic (exact) mass is 316 g/mol. The van der Waals surface area contributed by atoms with Gasteiger partial charge in [0.05, 0.1) is 12.0 Å². The van der Waals surface area contributed by atoms with Crippen molar-refractivity contribution in [1.82, 2.24) is 10.2 Å². The van der Waals surface area contributed by atoms with Gasteiger partial charge in [0.25, 0.3) is 0 Å². The topological polar surface area (TPSA) is 75.7 Å². The van der Waals surface area contributed by atoms with Gasteiger partial charge in [-0.3, -0.25) is 9.59 Å². The van der Waals surface area contributed by atoms with E-state index >= 15 is 0 Å². The van der Waals surface area contributed by atoms with Crippen molar-refractivity contribution in [3.63, 3.8) is 0 Å². The summed E-state index contributed by atoms with van der Waals surface area (Å²) in [5, 5.41) is 2.72. The molecule has 0 aliphatic carbocycles. The molecular formula is C14H24N2O4S. The van der Waals surface area contributed by atoms with Gasteiger partial charge in [-0.15, -0.1) is 11.8 Å². The van der Waals surface area contributed by atoms with Gasteiger partial charge in [0.15, 0.2) is 0 Å². The Morgan fingerprint density at radius 1 is 1.48 bits per heavy atom. The fourth-order valence-corrected chi connectivity index (χ4v) is 3.51. The highest BCUT2D eigenvalue weighted by Gasteiger charge is 2.43. The number of esters is 1. The Morgan fingerprint density at radius 3 is 2.57 bits per heavy atom. The van der Waals surface area contributed by atoms with Gasteiger partial charge in [0.1, 0.15) is 12.1 Å². The van der Waals surface area contributed by atoms with E-state index in [1.807, 2.05) is 27.7 Å². The van der Waals surface area contributed by atoms with E-state index < -0.39 is 22.9 Å². The van der Waals surface area contributed by atoms with E-state index in [1.165, 1.54) is 12.0 Å². The average molecular weight is 316 g/mol. The third-order valence-electron chi connectivity index (χ3n) is 3.48. The molecule has 0 aromatic heterocycles. The van der Waals surface area contributed by atoms with E-state index in [-0.39, 0.29) is 11.8 Å². The van der Waals surface area contributed by atoms with Crippen LogP contribution in [0.2, 0.25) is 0 Å². The molecule has 2 unspecified atom stereocenters. The molecule has 1 N–H and O–H groups in total. The van der Waals surface area contributed by atoms with Gasteiger partial charge in [0, 0.05) is 5.75 Å². The summed E-state index contributed by atoms with van der Waals surface area (Å²) in [6.07, 6.45) is 1.20. The lowest BCUT2D eigenvalue weighted by Crippen LogP contribution is -2.53. The maximum Gasteiger partial charge on any atom is 0.328 e. The fourth-order valence-electron chi connectivity index (χ4n) is 2.31. The molecule has 1 rings (SSSR count).